The summed E-state index contributed by atoms with van der Waals surface area (Å²) < 4.78 is 61.4. The van der Waals surface area contributed by atoms with Crippen molar-refractivity contribution in [1.82, 2.24) is 20.3 Å². The number of amides is 1. The van der Waals surface area contributed by atoms with Gasteiger partial charge in [0.05, 0.1) is 12.8 Å². The van der Waals surface area contributed by atoms with E-state index in [0.717, 1.165) is 18.3 Å². The molecule has 33 heavy (non-hydrogen) atoms. The molecule has 1 aliphatic rings. The zero-order valence-corrected chi connectivity index (χ0v) is 16.4. The fraction of sp³-hybridized carbons (Fsp3) is 0.200. The highest BCUT2D eigenvalue weighted by Gasteiger charge is 2.43. The summed E-state index contributed by atoms with van der Waals surface area (Å²) in [6.07, 6.45) is -2.64. The number of aromatic amines is 1. The van der Waals surface area contributed by atoms with Crippen LogP contribution in [0.4, 0.5) is 17.6 Å². The number of fused-ring (bicyclic) bond motifs is 1. The maximum absolute atomic E-state index is 14.6. The van der Waals surface area contributed by atoms with E-state index in [9.17, 15) is 27.2 Å². The molecule has 0 fully saturated rings. The van der Waals surface area contributed by atoms with Gasteiger partial charge in [0.2, 0.25) is 5.82 Å². The number of nitrogens with one attached hydrogen (secondary N) is 2. The number of hydrogen-bond donors (Lipinski definition) is 3. The second kappa shape index (κ2) is 8.07. The molecule has 9 nitrogen and oxygen atoms in total. The lowest BCUT2D eigenvalue weighted by Crippen LogP contribution is -2.50. The molecule has 4 rings (SSSR count). The average molecular weight is 466 g/mol. The first kappa shape index (κ1) is 22.0. The number of halogens is 4. The van der Waals surface area contributed by atoms with E-state index in [1.165, 1.54) is 12.3 Å². The van der Waals surface area contributed by atoms with Crippen molar-refractivity contribution < 1.29 is 41.7 Å². The zero-order valence-electron chi connectivity index (χ0n) is 16.4. The summed E-state index contributed by atoms with van der Waals surface area (Å²) in [5.41, 5.74) is -1.46. The van der Waals surface area contributed by atoms with E-state index < -0.39 is 41.2 Å². The highest BCUT2D eigenvalue weighted by Crippen LogP contribution is 2.42. The molecule has 1 amide bonds. The van der Waals surface area contributed by atoms with Crippen LogP contribution in [0.5, 0.6) is 11.5 Å². The molecule has 3 N–H and O–H groups in total. The molecule has 1 atom stereocenters. The molecule has 1 unspecified atom stereocenters. The maximum Gasteiger partial charge on any atom is 0.573 e. The number of ether oxygens (including phenoxy) is 2. The highest BCUT2D eigenvalue weighted by molar-refractivity contribution is 5.94. The fourth-order valence-electron chi connectivity index (χ4n) is 3.52. The Morgan fingerprint density at radius 1 is 1.24 bits per heavy atom. The topological polar surface area (TPSA) is 126 Å². The van der Waals surface area contributed by atoms with Gasteiger partial charge in [0, 0.05) is 12.6 Å². The highest BCUT2D eigenvalue weighted by atomic mass is 19.4. The number of carboxylic acids is 1. The van der Waals surface area contributed by atoms with Gasteiger partial charge in [-0.1, -0.05) is 6.07 Å². The number of nitrogens with zero attached hydrogens (tertiary/aromatic N) is 2. The van der Waals surface area contributed by atoms with Gasteiger partial charge in [-0.05, 0) is 29.8 Å². The minimum Gasteiger partial charge on any atom is -0.491 e. The second-order valence-electron chi connectivity index (χ2n) is 6.95. The van der Waals surface area contributed by atoms with Crippen molar-refractivity contribution in [2.75, 3.05) is 6.61 Å². The minimum absolute atomic E-state index is 0.0432. The van der Waals surface area contributed by atoms with Crippen molar-refractivity contribution in [3.05, 3.63) is 71.3 Å². The minimum atomic E-state index is -5.09. The summed E-state index contributed by atoms with van der Waals surface area (Å²) in [4.78, 5) is 34.2. The second-order valence-corrected chi connectivity index (χ2v) is 6.95. The van der Waals surface area contributed by atoms with Gasteiger partial charge >= 0.3 is 12.3 Å². The normalized spacial score (nSPS) is 17.6. The molecule has 0 saturated heterocycles. The van der Waals surface area contributed by atoms with Crippen LogP contribution in [0.2, 0.25) is 0 Å². The van der Waals surface area contributed by atoms with Crippen molar-refractivity contribution in [2.45, 2.75) is 18.3 Å². The number of carboxylic acid groups (broad SMARTS) is 1. The van der Waals surface area contributed by atoms with Crippen molar-refractivity contribution >= 4 is 11.9 Å². The van der Waals surface area contributed by atoms with E-state index in [1.54, 1.807) is 12.1 Å². The summed E-state index contributed by atoms with van der Waals surface area (Å²) in [7, 11) is 0. The molecule has 3 aromatic rings. The van der Waals surface area contributed by atoms with Crippen LogP contribution in [-0.2, 0) is 5.54 Å². The monoisotopic (exact) mass is 466 g/mol. The van der Waals surface area contributed by atoms with Gasteiger partial charge in [-0.25, -0.2) is 14.2 Å². The molecule has 172 valence electrons. The Morgan fingerprint density at radius 3 is 2.70 bits per heavy atom. The number of aromatic nitrogens is 3. The first-order chi connectivity index (χ1) is 15.6. The van der Waals surface area contributed by atoms with E-state index in [2.05, 4.69) is 25.0 Å². The van der Waals surface area contributed by atoms with Gasteiger partial charge in [0.25, 0.3) is 5.91 Å². The number of hydrogen-bond acceptors (Lipinski definition) is 6. The van der Waals surface area contributed by atoms with Crippen LogP contribution in [0.25, 0.3) is 0 Å². The number of pyridine rings is 1. The van der Waals surface area contributed by atoms with Crippen LogP contribution < -0.4 is 14.8 Å². The Labute approximate surface area is 182 Å². The number of carbonyl (C=O) groups excluding carboxylic acids is 1. The Hall–Kier alpha value is -4.16. The molecule has 0 bridgehead atoms. The van der Waals surface area contributed by atoms with Crippen molar-refractivity contribution in [1.29, 1.82) is 0 Å². The summed E-state index contributed by atoms with van der Waals surface area (Å²) in [5, 5.41) is 11.7. The molecule has 2 aromatic heterocycles. The molecule has 0 aliphatic carbocycles. The Morgan fingerprint density at radius 2 is 2.03 bits per heavy atom. The Kier molecular flexibility index (Phi) is 5.39. The quantitative estimate of drug-likeness (QED) is 0.494. The SMILES string of the molecule is O=C(NC1(c2ccc(OC(F)(F)F)c(F)c2)CCOc2cccnc21)c1cnc(C(=O)O)[nH]1. The number of carbonyl (C=O) groups is 2. The summed E-state index contributed by atoms with van der Waals surface area (Å²) >= 11 is 0. The van der Waals surface area contributed by atoms with Crippen LogP contribution in [0.1, 0.15) is 38.8 Å². The zero-order chi connectivity index (χ0) is 23.8. The van der Waals surface area contributed by atoms with Gasteiger partial charge in [-0.15, -0.1) is 13.2 Å². The van der Waals surface area contributed by atoms with E-state index in [-0.39, 0.29) is 35.7 Å². The molecule has 13 heteroatoms. The van der Waals surface area contributed by atoms with Crippen molar-refractivity contribution in [2.24, 2.45) is 0 Å². The molecular formula is C20H14F4N4O5. The average Bonchev–Trinajstić information content (AvgIpc) is 3.25. The van der Waals surface area contributed by atoms with Gasteiger partial charge < -0.3 is 24.9 Å². The number of H-pyrrole nitrogens is 1. The van der Waals surface area contributed by atoms with E-state index in [1.807, 2.05) is 0 Å². The third-order valence-corrected chi connectivity index (χ3v) is 4.91. The van der Waals surface area contributed by atoms with Crippen LogP contribution in [0.15, 0.2) is 42.7 Å². The number of imidazole rings is 1. The summed E-state index contributed by atoms with van der Waals surface area (Å²) in [6, 6.07) is 5.91. The number of alkyl halides is 3. The maximum atomic E-state index is 14.6. The van der Waals surface area contributed by atoms with Crippen molar-refractivity contribution in [3.8, 4) is 11.5 Å². The van der Waals surface area contributed by atoms with E-state index in [4.69, 9.17) is 9.84 Å². The molecule has 1 aliphatic heterocycles. The van der Waals surface area contributed by atoms with Crippen LogP contribution >= 0.6 is 0 Å². The fourth-order valence-corrected chi connectivity index (χ4v) is 3.52. The molecule has 0 radical (unpaired) electrons. The molecule has 3 heterocycles. The summed E-state index contributed by atoms with van der Waals surface area (Å²) in [5.74, 6) is -4.73. The van der Waals surface area contributed by atoms with Crippen LogP contribution in [-0.4, -0.2) is 44.9 Å². The molecule has 0 saturated carbocycles. The smallest absolute Gasteiger partial charge is 0.491 e. The van der Waals surface area contributed by atoms with E-state index in [0.29, 0.717) is 0 Å². The number of aromatic carboxylic acids is 1. The standard InChI is InChI=1S/C20H14F4N4O5/c21-11-8-10(3-4-13(11)33-20(22,23)24)19(5-7-32-14-2-1-6-25-15(14)19)28-17(29)12-9-26-16(27-12)18(30)31/h1-4,6,8-9H,5,7H2,(H,26,27)(H,28,29)(H,30,31). The largest absolute Gasteiger partial charge is 0.573 e. The predicted octanol–water partition coefficient (Wildman–Crippen LogP) is 3.00. The lowest BCUT2D eigenvalue weighted by molar-refractivity contribution is -0.275. The van der Waals surface area contributed by atoms with Crippen LogP contribution in [0.3, 0.4) is 0 Å². The lowest BCUT2D eigenvalue weighted by atomic mass is 9.81. The Bertz CT molecular complexity index is 1230. The molecule has 1 aromatic carbocycles. The van der Waals surface area contributed by atoms with Gasteiger partial charge in [0.1, 0.15) is 22.7 Å². The summed E-state index contributed by atoms with van der Waals surface area (Å²) in [6.45, 7) is 0.0603. The van der Waals surface area contributed by atoms with E-state index >= 15 is 0 Å². The van der Waals surface area contributed by atoms with Crippen LogP contribution in [0, 0.1) is 5.82 Å². The van der Waals surface area contributed by atoms with Gasteiger partial charge in [0.15, 0.2) is 11.6 Å². The third kappa shape index (κ3) is 4.29. The predicted molar refractivity (Wildman–Crippen MR) is 101 cm³/mol. The first-order valence-electron chi connectivity index (χ1n) is 9.34. The van der Waals surface area contributed by atoms with Crippen molar-refractivity contribution in [3.63, 3.8) is 0 Å². The lowest BCUT2D eigenvalue weighted by Gasteiger charge is -2.38. The van der Waals surface area contributed by atoms with Gasteiger partial charge in [-0.2, -0.15) is 0 Å². The number of rotatable bonds is 5. The Balaban J connectivity index is 1.79. The third-order valence-electron chi connectivity index (χ3n) is 4.91. The molecular weight excluding hydrogens is 452 g/mol. The van der Waals surface area contributed by atoms with Gasteiger partial charge in [-0.3, -0.25) is 9.78 Å². The first-order valence-corrected chi connectivity index (χ1v) is 9.34. The number of benzene rings is 1. The molecule has 0 spiro atoms.